The topological polar surface area (TPSA) is 157 Å². The number of aromatic hydroxyl groups is 1. The predicted octanol–water partition coefficient (Wildman–Crippen LogP) is 4.49. The predicted molar refractivity (Wildman–Crippen MR) is 179 cm³/mol. The van der Waals surface area contributed by atoms with E-state index in [-0.39, 0.29) is 69.7 Å². The molecule has 1 aromatic carbocycles. The van der Waals surface area contributed by atoms with E-state index in [2.05, 4.69) is 20.4 Å². The summed E-state index contributed by atoms with van der Waals surface area (Å²) in [4.78, 5) is 56.8. The van der Waals surface area contributed by atoms with Crippen LogP contribution in [0, 0.1) is 18.8 Å². The number of anilines is 1. The SMILES string of the molecule is Cc1ncnc(C(=O)N2CC[C@]3(c4c(n(CC(=O)Nc5ccc(C(F)(F)F)cc5Cl)c5nc(C6=CCOCC6)nn5c4=O)C4CC43)[C@H]3CC[C@H]32)c1O. The van der Waals surface area contributed by atoms with Crippen LogP contribution in [0.2, 0.25) is 5.02 Å². The summed E-state index contributed by atoms with van der Waals surface area (Å²) in [5, 5.41) is 17.7. The molecule has 2 N–H and O–H groups in total. The second-order valence-corrected chi connectivity index (χ2v) is 14.6. The molecule has 9 rings (SSSR count). The Morgan fingerprint density at radius 2 is 2.02 bits per heavy atom. The van der Waals surface area contributed by atoms with E-state index in [9.17, 15) is 32.7 Å². The molecular formula is C35H32ClF3N8O5. The number of hydrogen-bond acceptors (Lipinski definition) is 9. The molecule has 1 spiro atoms. The fraction of sp³-hybridized carbons (Fsp3) is 0.457. The van der Waals surface area contributed by atoms with Crippen molar-refractivity contribution < 1.29 is 32.6 Å². The molecule has 2 saturated carbocycles. The maximum atomic E-state index is 14.7. The first-order valence-corrected chi connectivity index (χ1v) is 17.6. The Morgan fingerprint density at radius 3 is 2.73 bits per heavy atom. The molecule has 52 heavy (non-hydrogen) atoms. The number of ether oxygens (including phenoxy) is 1. The van der Waals surface area contributed by atoms with Gasteiger partial charge in [-0.1, -0.05) is 17.7 Å². The zero-order chi connectivity index (χ0) is 36.3. The van der Waals surface area contributed by atoms with E-state index in [4.69, 9.17) is 21.3 Å². The molecule has 3 aliphatic carbocycles. The van der Waals surface area contributed by atoms with Gasteiger partial charge in [-0.05, 0) is 74.6 Å². The highest BCUT2D eigenvalue weighted by Gasteiger charge is 2.70. The second kappa shape index (κ2) is 11.6. The summed E-state index contributed by atoms with van der Waals surface area (Å²) in [5.41, 5.74) is 0.565. The fourth-order valence-electron chi connectivity index (χ4n) is 9.19. The lowest BCUT2D eigenvalue weighted by atomic mass is 9.54. The summed E-state index contributed by atoms with van der Waals surface area (Å²) in [7, 11) is 0. The zero-order valence-electron chi connectivity index (χ0n) is 27.8. The highest BCUT2D eigenvalue weighted by molar-refractivity contribution is 6.33. The molecule has 0 bridgehead atoms. The third-order valence-corrected chi connectivity index (χ3v) is 12.0. The molecule has 2 unspecified atom stereocenters. The molecule has 17 heteroatoms. The summed E-state index contributed by atoms with van der Waals surface area (Å²) in [5.74, 6) is -0.624. The van der Waals surface area contributed by atoms with Crippen LogP contribution in [0.15, 0.2) is 35.4 Å². The van der Waals surface area contributed by atoms with E-state index in [1.54, 1.807) is 16.4 Å². The molecule has 270 valence electrons. The molecule has 1 saturated heterocycles. The van der Waals surface area contributed by atoms with Gasteiger partial charge >= 0.3 is 6.18 Å². The first kappa shape index (κ1) is 33.0. The van der Waals surface area contributed by atoms with Crippen molar-refractivity contribution in [3.05, 3.63) is 80.0 Å². The number of nitrogens with zero attached hydrogens (tertiary/aromatic N) is 7. The molecule has 2 amide bonds. The Labute approximate surface area is 298 Å². The van der Waals surface area contributed by atoms with E-state index in [0.29, 0.717) is 55.4 Å². The molecule has 2 aliphatic heterocycles. The summed E-state index contributed by atoms with van der Waals surface area (Å²) < 4.78 is 48.3. The largest absolute Gasteiger partial charge is 0.504 e. The molecule has 5 aliphatic rings. The number of benzene rings is 1. The van der Waals surface area contributed by atoms with Crippen molar-refractivity contribution in [2.45, 2.75) is 69.1 Å². The number of fused-ring (bicyclic) bond motifs is 8. The highest BCUT2D eigenvalue weighted by atomic mass is 35.5. The van der Waals surface area contributed by atoms with Gasteiger partial charge in [0.25, 0.3) is 11.5 Å². The normalized spacial score (nSPS) is 26.0. The third-order valence-electron chi connectivity index (χ3n) is 11.7. The van der Waals surface area contributed by atoms with Crippen molar-refractivity contribution in [2.75, 3.05) is 25.1 Å². The highest BCUT2D eigenvalue weighted by Crippen LogP contribution is 2.72. The van der Waals surface area contributed by atoms with Crippen LogP contribution in [0.5, 0.6) is 5.75 Å². The maximum absolute atomic E-state index is 14.7. The van der Waals surface area contributed by atoms with E-state index in [0.717, 1.165) is 43.0 Å². The Kier molecular flexibility index (Phi) is 7.36. The second-order valence-electron chi connectivity index (χ2n) is 14.2. The van der Waals surface area contributed by atoms with Crippen LogP contribution < -0.4 is 10.9 Å². The number of halogens is 4. The van der Waals surface area contributed by atoms with E-state index >= 15 is 0 Å². The van der Waals surface area contributed by atoms with Crippen molar-refractivity contribution >= 4 is 40.5 Å². The van der Waals surface area contributed by atoms with Crippen molar-refractivity contribution in [3.8, 4) is 5.75 Å². The monoisotopic (exact) mass is 736 g/mol. The van der Waals surface area contributed by atoms with Gasteiger partial charge in [-0.15, -0.1) is 5.10 Å². The zero-order valence-corrected chi connectivity index (χ0v) is 28.5. The number of rotatable bonds is 5. The third kappa shape index (κ3) is 4.82. The molecule has 13 nitrogen and oxygen atoms in total. The summed E-state index contributed by atoms with van der Waals surface area (Å²) in [6.07, 6.45) is 1.86. The molecule has 5 atom stereocenters. The number of nitrogens with one attached hydrogen (secondary N) is 1. The number of hydrogen-bond donors (Lipinski definition) is 2. The summed E-state index contributed by atoms with van der Waals surface area (Å²) in [6, 6.07) is 2.54. The van der Waals surface area contributed by atoms with Crippen LogP contribution in [0.4, 0.5) is 18.9 Å². The van der Waals surface area contributed by atoms with Crippen LogP contribution in [0.25, 0.3) is 11.4 Å². The standard InChI is InChI=1S/C35H32ClF3N8O5/c1-16-29(49)27(41-15-40-16)32(51)45-9-8-34(20-3-5-24(20)45)21-13-19(21)28-26(34)31(50)47-33(43-30(44-47)17-6-10-52-11-7-17)46(28)14-25(48)42-23-4-2-18(12-22(23)36)35(37,38)39/h2,4,6,12,15,19-21,24,49H,3,5,7-11,13-14H2,1H3,(H,42,48)/t19?,20-,21?,24+,34-/m0/s1. The van der Waals surface area contributed by atoms with Gasteiger partial charge in [-0.25, -0.2) is 9.97 Å². The summed E-state index contributed by atoms with van der Waals surface area (Å²) in [6.45, 7) is 2.49. The van der Waals surface area contributed by atoms with Crippen molar-refractivity contribution in [2.24, 2.45) is 11.8 Å². The molecule has 3 fully saturated rings. The van der Waals surface area contributed by atoms with Gasteiger partial charge in [0, 0.05) is 35.2 Å². The van der Waals surface area contributed by atoms with Gasteiger partial charge in [0.2, 0.25) is 11.7 Å². The average molecular weight is 737 g/mol. The Bertz CT molecular complexity index is 2310. The van der Waals surface area contributed by atoms with Crippen LogP contribution in [0.3, 0.4) is 0 Å². The summed E-state index contributed by atoms with van der Waals surface area (Å²) >= 11 is 6.18. The number of amides is 2. The Balaban J connectivity index is 1.12. The number of piperidine rings is 1. The van der Waals surface area contributed by atoms with Gasteiger partial charge < -0.3 is 24.6 Å². The lowest BCUT2D eigenvalue weighted by Crippen LogP contribution is -2.64. The minimum atomic E-state index is -4.60. The first-order valence-electron chi connectivity index (χ1n) is 17.2. The Hall–Kier alpha value is -4.83. The van der Waals surface area contributed by atoms with Crippen LogP contribution in [0.1, 0.15) is 76.8 Å². The van der Waals surface area contributed by atoms with Gasteiger partial charge in [-0.3, -0.25) is 14.4 Å². The van der Waals surface area contributed by atoms with Gasteiger partial charge in [0.05, 0.1) is 35.2 Å². The quantitative estimate of drug-likeness (QED) is 0.302. The van der Waals surface area contributed by atoms with Crippen LogP contribution in [-0.4, -0.2) is 76.8 Å². The minimum Gasteiger partial charge on any atom is -0.504 e. The molecule has 0 radical (unpaired) electrons. The number of likely N-dealkylation sites (tertiary alicyclic amines) is 1. The molecule has 3 aromatic heterocycles. The van der Waals surface area contributed by atoms with Gasteiger partial charge in [-0.2, -0.15) is 22.7 Å². The van der Waals surface area contributed by atoms with E-state index < -0.39 is 23.1 Å². The molecule has 4 aromatic rings. The minimum absolute atomic E-state index is 0.0166. The molecule has 5 heterocycles. The maximum Gasteiger partial charge on any atom is 0.416 e. The van der Waals surface area contributed by atoms with Crippen molar-refractivity contribution in [3.63, 3.8) is 0 Å². The smallest absolute Gasteiger partial charge is 0.416 e. The number of carbonyl (C=O) groups is 2. The van der Waals surface area contributed by atoms with Gasteiger partial charge in [0.1, 0.15) is 12.9 Å². The van der Waals surface area contributed by atoms with Crippen LogP contribution in [-0.2, 0) is 27.7 Å². The number of alkyl halides is 3. The van der Waals surface area contributed by atoms with Gasteiger partial charge in [0.15, 0.2) is 17.3 Å². The molecular weight excluding hydrogens is 705 g/mol. The average Bonchev–Trinajstić information content (AvgIpc) is 3.68. The number of aryl methyl sites for hydroxylation is 1. The van der Waals surface area contributed by atoms with Crippen molar-refractivity contribution in [1.29, 1.82) is 0 Å². The van der Waals surface area contributed by atoms with E-state index in [1.807, 2.05) is 6.08 Å². The number of aromatic nitrogens is 6. The first-order chi connectivity index (χ1) is 24.9. The van der Waals surface area contributed by atoms with Crippen LogP contribution >= 0.6 is 11.6 Å². The Morgan fingerprint density at radius 1 is 1.19 bits per heavy atom. The number of carbonyl (C=O) groups excluding carboxylic acids is 2. The van der Waals surface area contributed by atoms with Crippen molar-refractivity contribution in [1.82, 2.24) is 34.0 Å². The lowest BCUT2D eigenvalue weighted by Gasteiger charge is -2.58. The fourth-order valence-corrected chi connectivity index (χ4v) is 9.42. The lowest BCUT2D eigenvalue weighted by molar-refractivity contribution is -0.137. The van der Waals surface area contributed by atoms with E-state index in [1.165, 1.54) is 10.8 Å².